The first-order chi connectivity index (χ1) is 9.33. The number of rotatable bonds is 6. The Morgan fingerprint density at radius 3 is 2.89 bits per heavy atom. The lowest BCUT2D eigenvalue weighted by molar-refractivity contribution is 0.279. The number of hydrogen-bond donors (Lipinski definition) is 0. The van der Waals surface area contributed by atoms with Crippen LogP contribution in [0.3, 0.4) is 0 Å². The predicted molar refractivity (Wildman–Crippen MR) is 75.4 cm³/mol. The molecule has 0 bridgehead atoms. The molecule has 0 unspecified atom stereocenters. The maximum atomic E-state index is 5.74. The molecule has 19 heavy (non-hydrogen) atoms. The summed E-state index contributed by atoms with van der Waals surface area (Å²) in [6.45, 7) is 3.33. The van der Waals surface area contributed by atoms with Crippen molar-refractivity contribution in [3.05, 3.63) is 48.6 Å². The number of ether oxygens (including phenoxy) is 2. The Bertz CT molecular complexity index is 533. The molecule has 4 heteroatoms. The first-order valence-electron chi connectivity index (χ1n) is 6.22. The molecular formula is C15H18N2O2. The number of benzene rings is 1. The number of aromatic nitrogens is 2. The van der Waals surface area contributed by atoms with Gasteiger partial charge in [0.05, 0.1) is 20.0 Å². The van der Waals surface area contributed by atoms with Crippen LogP contribution in [0.25, 0.3) is 6.08 Å². The summed E-state index contributed by atoms with van der Waals surface area (Å²) >= 11 is 0. The highest BCUT2D eigenvalue weighted by atomic mass is 16.5. The first-order valence-corrected chi connectivity index (χ1v) is 6.22. The minimum Gasteiger partial charge on any atom is -0.493 e. The van der Waals surface area contributed by atoms with Crippen molar-refractivity contribution in [2.45, 2.75) is 13.5 Å². The van der Waals surface area contributed by atoms with E-state index in [1.807, 2.05) is 48.0 Å². The van der Waals surface area contributed by atoms with Crippen LogP contribution in [0.5, 0.6) is 11.5 Å². The van der Waals surface area contributed by atoms with Crippen LogP contribution in [0.15, 0.2) is 43.0 Å². The lowest BCUT2D eigenvalue weighted by atomic mass is 10.2. The van der Waals surface area contributed by atoms with Crippen LogP contribution in [0.1, 0.15) is 12.5 Å². The minimum absolute atomic E-state index is 0.579. The molecule has 0 saturated carbocycles. The molecule has 0 atom stereocenters. The van der Waals surface area contributed by atoms with Crippen LogP contribution in [-0.2, 0) is 6.54 Å². The minimum atomic E-state index is 0.579. The molecule has 0 fully saturated rings. The fraction of sp³-hybridized carbons (Fsp3) is 0.267. The Balaban J connectivity index is 1.99. The third-order valence-electron chi connectivity index (χ3n) is 2.71. The van der Waals surface area contributed by atoms with E-state index in [4.69, 9.17) is 9.47 Å². The number of allylic oxidation sites excluding steroid dienone is 1. The summed E-state index contributed by atoms with van der Waals surface area (Å²) < 4.78 is 13.1. The average Bonchev–Trinajstić information content (AvgIpc) is 2.93. The zero-order valence-electron chi connectivity index (χ0n) is 11.2. The highest BCUT2D eigenvalue weighted by molar-refractivity contribution is 5.55. The molecule has 0 N–H and O–H groups in total. The van der Waals surface area contributed by atoms with Gasteiger partial charge in [0.2, 0.25) is 0 Å². The van der Waals surface area contributed by atoms with Crippen molar-refractivity contribution in [3.63, 3.8) is 0 Å². The van der Waals surface area contributed by atoms with Gasteiger partial charge in [0.1, 0.15) is 6.61 Å². The topological polar surface area (TPSA) is 36.3 Å². The molecule has 4 nitrogen and oxygen atoms in total. The smallest absolute Gasteiger partial charge is 0.161 e. The normalized spacial score (nSPS) is 10.8. The predicted octanol–water partition coefficient (Wildman–Crippen LogP) is 3.00. The van der Waals surface area contributed by atoms with Crippen molar-refractivity contribution in [2.24, 2.45) is 0 Å². The molecule has 1 aromatic heterocycles. The molecule has 0 spiro atoms. The lowest BCUT2D eigenvalue weighted by Gasteiger charge is -2.11. The summed E-state index contributed by atoms with van der Waals surface area (Å²) in [4.78, 5) is 3.99. The molecule has 0 aliphatic carbocycles. The van der Waals surface area contributed by atoms with Gasteiger partial charge in [-0.15, -0.1) is 0 Å². The highest BCUT2D eigenvalue weighted by Gasteiger charge is 2.04. The molecule has 2 rings (SSSR count). The summed E-state index contributed by atoms with van der Waals surface area (Å²) in [5.41, 5.74) is 1.10. The number of imidazole rings is 1. The van der Waals surface area contributed by atoms with Crippen molar-refractivity contribution in [1.29, 1.82) is 0 Å². The summed E-state index contributed by atoms with van der Waals surface area (Å²) in [6, 6.07) is 5.91. The standard InChI is InChI=1S/C15H18N2O2/c1-3-4-13-5-6-14(15(11-13)18-2)19-10-9-17-8-7-16-12-17/h3-8,11-12H,9-10H2,1-2H3/b4-3+. The summed E-state index contributed by atoms with van der Waals surface area (Å²) in [6.07, 6.45) is 9.46. The maximum absolute atomic E-state index is 5.74. The first kappa shape index (κ1) is 13.2. The quantitative estimate of drug-likeness (QED) is 0.799. The Morgan fingerprint density at radius 1 is 1.32 bits per heavy atom. The van der Waals surface area contributed by atoms with Gasteiger partial charge in [-0.3, -0.25) is 0 Å². The van der Waals surface area contributed by atoms with Gasteiger partial charge in [0.25, 0.3) is 0 Å². The van der Waals surface area contributed by atoms with Crippen LogP contribution >= 0.6 is 0 Å². The van der Waals surface area contributed by atoms with Gasteiger partial charge in [0, 0.05) is 12.4 Å². The van der Waals surface area contributed by atoms with Crippen molar-refractivity contribution in [3.8, 4) is 11.5 Å². The second-order valence-corrected chi connectivity index (χ2v) is 4.06. The third kappa shape index (κ3) is 3.61. The fourth-order valence-corrected chi connectivity index (χ4v) is 1.78. The zero-order valence-corrected chi connectivity index (χ0v) is 11.2. The van der Waals surface area contributed by atoms with E-state index in [1.54, 1.807) is 19.6 Å². The largest absolute Gasteiger partial charge is 0.493 e. The van der Waals surface area contributed by atoms with E-state index in [0.717, 1.165) is 23.6 Å². The van der Waals surface area contributed by atoms with E-state index >= 15 is 0 Å². The molecule has 0 aliphatic heterocycles. The Kier molecular flexibility index (Phi) is 4.61. The van der Waals surface area contributed by atoms with Crippen molar-refractivity contribution in [1.82, 2.24) is 9.55 Å². The molecule has 0 amide bonds. The number of nitrogens with zero attached hydrogens (tertiary/aromatic N) is 2. The van der Waals surface area contributed by atoms with Crippen LogP contribution < -0.4 is 9.47 Å². The molecule has 0 radical (unpaired) electrons. The maximum Gasteiger partial charge on any atom is 0.161 e. The van der Waals surface area contributed by atoms with E-state index in [0.29, 0.717) is 6.61 Å². The highest BCUT2D eigenvalue weighted by Crippen LogP contribution is 2.28. The monoisotopic (exact) mass is 258 g/mol. The van der Waals surface area contributed by atoms with Gasteiger partial charge in [0.15, 0.2) is 11.5 Å². The lowest BCUT2D eigenvalue weighted by Crippen LogP contribution is -2.07. The van der Waals surface area contributed by atoms with Crippen LogP contribution in [0.4, 0.5) is 0 Å². The summed E-state index contributed by atoms with van der Waals surface area (Å²) in [5.74, 6) is 1.51. The van der Waals surface area contributed by atoms with Gasteiger partial charge in [-0.25, -0.2) is 4.98 Å². The Labute approximate surface area is 113 Å². The van der Waals surface area contributed by atoms with Gasteiger partial charge >= 0.3 is 0 Å². The zero-order chi connectivity index (χ0) is 13.5. The third-order valence-corrected chi connectivity index (χ3v) is 2.71. The van der Waals surface area contributed by atoms with E-state index < -0.39 is 0 Å². The second kappa shape index (κ2) is 6.64. The number of methoxy groups -OCH3 is 1. The Morgan fingerprint density at radius 2 is 2.21 bits per heavy atom. The fourth-order valence-electron chi connectivity index (χ4n) is 1.78. The van der Waals surface area contributed by atoms with Gasteiger partial charge in [-0.1, -0.05) is 18.2 Å². The van der Waals surface area contributed by atoms with Gasteiger partial charge < -0.3 is 14.0 Å². The summed E-state index contributed by atoms with van der Waals surface area (Å²) in [5, 5.41) is 0. The van der Waals surface area contributed by atoms with Crippen molar-refractivity contribution < 1.29 is 9.47 Å². The molecule has 100 valence electrons. The Hall–Kier alpha value is -2.23. The van der Waals surface area contributed by atoms with Crippen LogP contribution in [0, 0.1) is 0 Å². The van der Waals surface area contributed by atoms with Crippen molar-refractivity contribution in [2.75, 3.05) is 13.7 Å². The molecule has 2 aromatic rings. The van der Waals surface area contributed by atoms with Gasteiger partial charge in [-0.2, -0.15) is 0 Å². The van der Waals surface area contributed by atoms with Crippen LogP contribution in [-0.4, -0.2) is 23.3 Å². The molecule has 1 aromatic carbocycles. The average molecular weight is 258 g/mol. The van der Waals surface area contributed by atoms with E-state index in [9.17, 15) is 0 Å². The molecule has 1 heterocycles. The van der Waals surface area contributed by atoms with E-state index in [2.05, 4.69) is 4.98 Å². The molecule has 0 aliphatic rings. The molecular weight excluding hydrogens is 240 g/mol. The molecule has 0 saturated heterocycles. The van der Waals surface area contributed by atoms with Crippen molar-refractivity contribution >= 4 is 6.08 Å². The summed E-state index contributed by atoms with van der Waals surface area (Å²) in [7, 11) is 1.65. The number of hydrogen-bond acceptors (Lipinski definition) is 3. The van der Waals surface area contributed by atoms with E-state index in [-0.39, 0.29) is 0 Å². The van der Waals surface area contributed by atoms with Crippen LogP contribution in [0.2, 0.25) is 0 Å². The second-order valence-electron chi connectivity index (χ2n) is 4.06. The van der Waals surface area contributed by atoms with Gasteiger partial charge in [-0.05, 0) is 24.6 Å². The van der Waals surface area contributed by atoms with E-state index in [1.165, 1.54) is 0 Å². The SMILES string of the molecule is C/C=C/c1ccc(OCCn2ccnc2)c(OC)c1.